The lowest BCUT2D eigenvalue weighted by Gasteiger charge is -2.16. The largest absolute Gasteiger partial charge is 0.476 e. The fraction of sp³-hybridized carbons (Fsp3) is 0.500. The maximum absolute atomic E-state index is 10.9. The molecule has 0 saturated heterocycles. The minimum atomic E-state index is -1.06. The van der Waals surface area contributed by atoms with Gasteiger partial charge in [-0.05, 0) is 12.7 Å². The molecule has 0 aliphatic heterocycles. The van der Waals surface area contributed by atoms with Gasteiger partial charge in [-0.1, -0.05) is 6.92 Å². The molecule has 1 heterocycles. The second kappa shape index (κ2) is 6.32. The van der Waals surface area contributed by atoms with Crippen molar-refractivity contribution in [2.24, 2.45) is 0 Å². The van der Waals surface area contributed by atoms with Gasteiger partial charge < -0.3 is 10.4 Å². The van der Waals surface area contributed by atoms with Crippen LogP contribution in [0.15, 0.2) is 12.4 Å². The van der Waals surface area contributed by atoms with Crippen LogP contribution in [0, 0.1) is 0 Å². The SMILES string of the molecule is CCC(CSC)Nc1nccnc1C(=O)O. The number of carboxylic acids is 1. The average molecular weight is 241 g/mol. The van der Waals surface area contributed by atoms with E-state index in [0.29, 0.717) is 5.82 Å². The Labute approximate surface area is 98.7 Å². The van der Waals surface area contributed by atoms with Gasteiger partial charge in [-0.25, -0.2) is 14.8 Å². The van der Waals surface area contributed by atoms with Crippen molar-refractivity contribution in [3.63, 3.8) is 0 Å². The first-order valence-corrected chi connectivity index (χ1v) is 6.38. The number of hydrogen-bond acceptors (Lipinski definition) is 5. The monoisotopic (exact) mass is 241 g/mol. The first-order chi connectivity index (χ1) is 7.69. The van der Waals surface area contributed by atoms with E-state index >= 15 is 0 Å². The number of aromatic nitrogens is 2. The van der Waals surface area contributed by atoms with Crippen LogP contribution < -0.4 is 5.32 Å². The zero-order valence-corrected chi connectivity index (χ0v) is 10.1. The first-order valence-electron chi connectivity index (χ1n) is 4.98. The van der Waals surface area contributed by atoms with Crippen LogP contribution >= 0.6 is 11.8 Å². The minimum Gasteiger partial charge on any atom is -0.476 e. The molecule has 1 atom stereocenters. The van der Waals surface area contributed by atoms with E-state index in [1.54, 1.807) is 11.8 Å². The molecular weight excluding hydrogens is 226 g/mol. The van der Waals surface area contributed by atoms with Gasteiger partial charge in [0, 0.05) is 24.2 Å². The summed E-state index contributed by atoms with van der Waals surface area (Å²) < 4.78 is 0. The number of thioether (sulfide) groups is 1. The fourth-order valence-corrected chi connectivity index (χ4v) is 1.98. The summed E-state index contributed by atoms with van der Waals surface area (Å²) in [6.45, 7) is 2.05. The van der Waals surface area contributed by atoms with Crippen LogP contribution in [0.25, 0.3) is 0 Å². The van der Waals surface area contributed by atoms with Crippen LogP contribution in [0.1, 0.15) is 23.8 Å². The van der Waals surface area contributed by atoms with Gasteiger partial charge in [-0.2, -0.15) is 11.8 Å². The molecule has 6 heteroatoms. The Bertz CT molecular complexity index is 360. The fourth-order valence-electron chi connectivity index (χ4n) is 1.26. The average Bonchev–Trinajstić information content (AvgIpc) is 2.29. The Morgan fingerprint density at radius 3 is 2.81 bits per heavy atom. The predicted molar refractivity (Wildman–Crippen MR) is 65.1 cm³/mol. The normalized spacial score (nSPS) is 12.1. The summed E-state index contributed by atoms with van der Waals surface area (Å²) in [5, 5.41) is 12.0. The Morgan fingerprint density at radius 2 is 2.25 bits per heavy atom. The van der Waals surface area contributed by atoms with Gasteiger partial charge in [-0.3, -0.25) is 0 Å². The number of nitrogens with zero attached hydrogens (tertiary/aromatic N) is 2. The molecule has 1 rings (SSSR count). The van der Waals surface area contributed by atoms with Gasteiger partial charge in [0.15, 0.2) is 11.5 Å². The van der Waals surface area contributed by atoms with Crippen LogP contribution in [-0.2, 0) is 0 Å². The second-order valence-corrected chi connectivity index (χ2v) is 4.17. The van der Waals surface area contributed by atoms with E-state index in [4.69, 9.17) is 5.11 Å². The molecule has 1 aromatic heterocycles. The number of rotatable bonds is 6. The van der Waals surface area contributed by atoms with Crippen LogP contribution in [0.4, 0.5) is 5.82 Å². The van der Waals surface area contributed by atoms with Crippen molar-refractivity contribution in [3.8, 4) is 0 Å². The van der Waals surface area contributed by atoms with Crippen LogP contribution in [0.3, 0.4) is 0 Å². The second-order valence-electron chi connectivity index (χ2n) is 3.26. The summed E-state index contributed by atoms with van der Waals surface area (Å²) in [6, 6.07) is 0.213. The minimum absolute atomic E-state index is 0.0259. The van der Waals surface area contributed by atoms with Gasteiger partial charge >= 0.3 is 5.97 Å². The van der Waals surface area contributed by atoms with Crippen LogP contribution in [0.5, 0.6) is 0 Å². The van der Waals surface area contributed by atoms with Gasteiger partial charge in [0.2, 0.25) is 0 Å². The molecule has 0 radical (unpaired) electrons. The van der Waals surface area contributed by atoms with Gasteiger partial charge in [0.05, 0.1) is 0 Å². The molecule has 1 unspecified atom stereocenters. The molecule has 0 spiro atoms. The third-order valence-electron chi connectivity index (χ3n) is 2.10. The number of aromatic carboxylic acids is 1. The third kappa shape index (κ3) is 3.37. The lowest BCUT2D eigenvalue weighted by atomic mass is 10.2. The molecule has 0 amide bonds. The molecule has 1 aromatic rings. The third-order valence-corrected chi connectivity index (χ3v) is 2.84. The molecule has 5 nitrogen and oxygen atoms in total. The van der Waals surface area contributed by atoms with Crippen molar-refractivity contribution in [2.75, 3.05) is 17.3 Å². The zero-order valence-electron chi connectivity index (χ0n) is 9.30. The molecule has 2 N–H and O–H groups in total. The summed E-state index contributed by atoms with van der Waals surface area (Å²) in [4.78, 5) is 18.7. The van der Waals surface area contributed by atoms with E-state index in [1.165, 1.54) is 12.4 Å². The highest BCUT2D eigenvalue weighted by Crippen LogP contribution is 2.13. The van der Waals surface area contributed by atoms with Gasteiger partial charge in [0.1, 0.15) is 0 Å². The Kier molecular flexibility index (Phi) is 5.04. The summed E-state index contributed by atoms with van der Waals surface area (Å²) in [5.74, 6) is 0.192. The predicted octanol–water partition coefficient (Wildman–Crippen LogP) is 1.73. The van der Waals surface area contributed by atoms with E-state index < -0.39 is 5.97 Å². The summed E-state index contributed by atoms with van der Waals surface area (Å²) >= 11 is 1.71. The number of nitrogens with one attached hydrogen (secondary N) is 1. The van der Waals surface area contributed by atoms with Crippen molar-refractivity contribution in [2.45, 2.75) is 19.4 Å². The Morgan fingerprint density at radius 1 is 1.56 bits per heavy atom. The smallest absolute Gasteiger partial charge is 0.358 e. The highest BCUT2D eigenvalue weighted by atomic mass is 32.2. The Hall–Kier alpha value is -1.30. The molecule has 16 heavy (non-hydrogen) atoms. The number of carbonyl (C=O) groups is 1. The van der Waals surface area contributed by atoms with Gasteiger partial charge in [0.25, 0.3) is 0 Å². The Balaban J connectivity index is 2.82. The molecular formula is C10H15N3O2S. The highest BCUT2D eigenvalue weighted by Gasteiger charge is 2.15. The molecule has 0 fully saturated rings. The van der Waals surface area contributed by atoms with Crippen molar-refractivity contribution >= 4 is 23.5 Å². The summed E-state index contributed by atoms with van der Waals surface area (Å²) in [7, 11) is 0. The van der Waals surface area contributed by atoms with Crippen molar-refractivity contribution in [1.29, 1.82) is 0 Å². The van der Waals surface area contributed by atoms with Gasteiger partial charge in [-0.15, -0.1) is 0 Å². The van der Waals surface area contributed by atoms with Crippen molar-refractivity contribution in [3.05, 3.63) is 18.1 Å². The van der Waals surface area contributed by atoms with E-state index in [-0.39, 0.29) is 11.7 Å². The lowest BCUT2D eigenvalue weighted by molar-refractivity contribution is 0.0691. The van der Waals surface area contributed by atoms with E-state index in [0.717, 1.165) is 12.2 Å². The lowest BCUT2D eigenvalue weighted by Crippen LogP contribution is -2.23. The summed E-state index contributed by atoms with van der Waals surface area (Å²) in [5.41, 5.74) is -0.0259. The molecule has 0 bridgehead atoms. The standard InChI is InChI=1S/C10H15N3O2S/c1-3-7(6-16-2)13-9-8(10(14)15)11-4-5-12-9/h4-5,7H,3,6H2,1-2H3,(H,12,13)(H,14,15). The van der Waals surface area contributed by atoms with Crippen molar-refractivity contribution in [1.82, 2.24) is 9.97 Å². The number of hydrogen-bond donors (Lipinski definition) is 2. The molecule has 0 aliphatic rings. The van der Waals surface area contributed by atoms with Crippen molar-refractivity contribution < 1.29 is 9.90 Å². The molecule has 88 valence electrons. The summed E-state index contributed by atoms with van der Waals surface area (Å²) in [6.07, 6.45) is 5.79. The maximum Gasteiger partial charge on any atom is 0.358 e. The maximum atomic E-state index is 10.9. The van der Waals surface area contributed by atoms with E-state index in [9.17, 15) is 4.79 Å². The highest BCUT2D eigenvalue weighted by molar-refractivity contribution is 7.98. The number of anilines is 1. The van der Waals surface area contributed by atoms with Crippen LogP contribution in [-0.4, -0.2) is 39.1 Å². The first kappa shape index (κ1) is 12.8. The van der Waals surface area contributed by atoms with E-state index in [1.807, 2.05) is 13.2 Å². The zero-order chi connectivity index (χ0) is 12.0. The van der Waals surface area contributed by atoms with Crippen LogP contribution in [0.2, 0.25) is 0 Å². The molecule has 0 saturated carbocycles. The quantitative estimate of drug-likeness (QED) is 0.790. The topological polar surface area (TPSA) is 75.1 Å². The molecule has 0 aliphatic carbocycles. The number of carboxylic acid groups (broad SMARTS) is 1. The molecule has 0 aromatic carbocycles. The van der Waals surface area contributed by atoms with E-state index in [2.05, 4.69) is 15.3 Å².